The summed E-state index contributed by atoms with van der Waals surface area (Å²) in [5.74, 6) is 1.58. The molecule has 0 aliphatic carbocycles. The van der Waals surface area contributed by atoms with Crippen molar-refractivity contribution in [1.82, 2.24) is 30.0 Å². The summed E-state index contributed by atoms with van der Waals surface area (Å²) in [6.07, 6.45) is 5.95. The van der Waals surface area contributed by atoms with E-state index in [0.717, 1.165) is 34.7 Å². The van der Waals surface area contributed by atoms with Crippen molar-refractivity contribution in [3.8, 4) is 5.69 Å². The second-order valence-corrected chi connectivity index (χ2v) is 7.32. The second kappa shape index (κ2) is 8.26. The molecule has 0 bridgehead atoms. The SMILES string of the molecule is CSCC[C@H](NC(=O)c1ccc(-n2cncn2)cc1)c1nc2ccccc2[nH]1. The topological polar surface area (TPSA) is 88.5 Å². The zero-order valence-electron chi connectivity index (χ0n) is 15.4. The Balaban J connectivity index is 1.53. The monoisotopic (exact) mass is 392 g/mol. The number of hydrogen-bond acceptors (Lipinski definition) is 5. The van der Waals surface area contributed by atoms with Crippen molar-refractivity contribution in [2.75, 3.05) is 12.0 Å². The van der Waals surface area contributed by atoms with Gasteiger partial charge in [-0.3, -0.25) is 4.79 Å². The third kappa shape index (κ3) is 3.91. The van der Waals surface area contributed by atoms with Crippen LogP contribution in [0.3, 0.4) is 0 Å². The van der Waals surface area contributed by atoms with Gasteiger partial charge in [0.2, 0.25) is 0 Å². The number of nitrogens with zero attached hydrogens (tertiary/aromatic N) is 4. The molecule has 2 heterocycles. The quantitative estimate of drug-likeness (QED) is 0.503. The van der Waals surface area contributed by atoms with Crippen LogP contribution in [0.4, 0.5) is 0 Å². The summed E-state index contributed by atoms with van der Waals surface area (Å²) in [5, 5.41) is 7.21. The molecule has 8 heteroatoms. The predicted molar refractivity (Wildman–Crippen MR) is 111 cm³/mol. The molecule has 0 radical (unpaired) electrons. The molecule has 0 saturated carbocycles. The number of rotatable bonds is 7. The van der Waals surface area contributed by atoms with E-state index in [2.05, 4.69) is 31.6 Å². The number of carbonyl (C=O) groups excluding carboxylic acids is 1. The molecule has 7 nitrogen and oxygen atoms in total. The number of aromatic nitrogens is 5. The van der Waals surface area contributed by atoms with E-state index < -0.39 is 0 Å². The minimum Gasteiger partial charge on any atom is -0.342 e. The first-order chi connectivity index (χ1) is 13.7. The van der Waals surface area contributed by atoms with Gasteiger partial charge < -0.3 is 10.3 Å². The lowest BCUT2D eigenvalue weighted by atomic mass is 10.1. The lowest BCUT2D eigenvalue weighted by Crippen LogP contribution is -2.29. The van der Waals surface area contributed by atoms with E-state index in [9.17, 15) is 4.79 Å². The van der Waals surface area contributed by atoms with Crippen LogP contribution in [0.1, 0.15) is 28.6 Å². The first-order valence-corrected chi connectivity index (χ1v) is 10.3. The third-order valence-corrected chi connectivity index (χ3v) is 5.11. The molecule has 2 N–H and O–H groups in total. The highest BCUT2D eigenvalue weighted by molar-refractivity contribution is 7.98. The molecule has 0 unspecified atom stereocenters. The van der Waals surface area contributed by atoms with Crippen LogP contribution in [0.15, 0.2) is 61.2 Å². The maximum Gasteiger partial charge on any atom is 0.251 e. The number of H-pyrrole nitrogens is 1. The number of benzene rings is 2. The maximum absolute atomic E-state index is 12.8. The molecule has 4 aromatic rings. The largest absolute Gasteiger partial charge is 0.342 e. The number of thioether (sulfide) groups is 1. The molecule has 0 saturated heterocycles. The highest BCUT2D eigenvalue weighted by atomic mass is 32.2. The maximum atomic E-state index is 12.8. The number of hydrogen-bond donors (Lipinski definition) is 2. The number of nitrogens with one attached hydrogen (secondary N) is 2. The summed E-state index contributed by atoms with van der Waals surface area (Å²) in [6.45, 7) is 0. The van der Waals surface area contributed by atoms with E-state index >= 15 is 0 Å². The Morgan fingerprint density at radius 1 is 1.21 bits per heavy atom. The van der Waals surface area contributed by atoms with Gasteiger partial charge in [-0.2, -0.15) is 16.9 Å². The molecule has 2 aromatic heterocycles. The van der Waals surface area contributed by atoms with Crippen LogP contribution in [-0.4, -0.2) is 42.6 Å². The number of amides is 1. The number of fused-ring (bicyclic) bond motifs is 1. The molecule has 1 amide bonds. The minimum absolute atomic E-state index is 0.128. The Morgan fingerprint density at radius 2 is 2.04 bits per heavy atom. The van der Waals surface area contributed by atoms with Gasteiger partial charge in [0.1, 0.15) is 18.5 Å². The molecule has 142 valence electrons. The fraction of sp³-hybridized carbons (Fsp3) is 0.200. The summed E-state index contributed by atoms with van der Waals surface area (Å²) in [6, 6.07) is 15.0. The number of para-hydroxylation sites is 2. The number of aromatic amines is 1. The van der Waals surface area contributed by atoms with Crippen molar-refractivity contribution in [3.05, 3.63) is 72.6 Å². The second-order valence-electron chi connectivity index (χ2n) is 6.33. The van der Waals surface area contributed by atoms with Crippen molar-refractivity contribution >= 4 is 28.7 Å². The predicted octanol–water partition coefficient (Wildman–Crippen LogP) is 3.37. The van der Waals surface area contributed by atoms with Crippen LogP contribution in [-0.2, 0) is 0 Å². The fourth-order valence-corrected chi connectivity index (χ4v) is 3.47. The summed E-state index contributed by atoms with van der Waals surface area (Å²) in [4.78, 5) is 24.7. The number of carbonyl (C=O) groups is 1. The average molecular weight is 392 g/mol. The van der Waals surface area contributed by atoms with Crippen LogP contribution in [0, 0.1) is 0 Å². The van der Waals surface area contributed by atoms with E-state index in [1.165, 1.54) is 6.33 Å². The summed E-state index contributed by atoms with van der Waals surface area (Å²) in [7, 11) is 0. The van der Waals surface area contributed by atoms with Gasteiger partial charge in [-0.05, 0) is 54.8 Å². The van der Waals surface area contributed by atoms with Crippen LogP contribution in [0.25, 0.3) is 16.7 Å². The van der Waals surface area contributed by atoms with Gasteiger partial charge >= 0.3 is 0 Å². The lowest BCUT2D eigenvalue weighted by molar-refractivity contribution is 0.0934. The van der Waals surface area contributed by atoms with E-state index in [0.29, 0.717) is 5.56 Å². The normalized spacial score (nSPS) is 12.2. The third-order valence-electron chi connectivity index (χ3n) is 4.47. The molecule has 4 rings (SSSR count). The van der Waals surface area contributed by atoms with Gasteiger partial charge in [-0.1, -0.05) is 12.1 Å². The first kappa shape index (κ1) is 18.2. The Morgan fingerprint density at radius 3 is 2.75 bits per heavy atom. The molecular weight excluding hydrogens is 372 g/mol. The van der Waals surface area contributed by atoms with Crippen LogP contribution in [0.5, 0.6) is 0 Å². The first-order valence-electron chi connectivity index (χ1n) is 8.94. The Kier molecular flexibility index (Phi) is 5.38. The van der Waals surface area contributed by atoms with Crippen LogP contribution in [0.2, 0.25) is 0 Å². The zero-order valence-corrected chi connectivity index (χ0v) is 16.2. The number of imidazole rings is 1. The van der Waals surface area contributed by atoms with Crippen LogP contribution < -0.4 is 5.32 Å². The zero-order chi connectivity index (χ0) is 19.3. The Hall–Kier alpha value is -3.13. The molecule has 0 fully saturated rings. The van der Waals surface area contributed by atoms with E-state index in [1.807, 2.05) is 36.4 Å². The molecule has 28 heavy (non-hydrogen) atoms. The van der Waals surface area contributed by atoms with Gasteiger partial charge in [0.15, 0.2) is 0 Å². The molecular formula is C20H20N6OS. The van der Waals surface area contributed by atoms with Gasteiger partial charge in [0.05, 0.1) is 22.8 Å². The van der Waals surface area contributed by atoms with Gasteiger partial charge in [0, 0.05) is 5.56 Å². The van der Waals surface area contributed by atoms with Gasteiger partial charge in [-0.25, -0.2) is 14.6 Å². The molecule has 1 atom stereocenters. The van der Waals surface area contributed by atoms with Gasteiger partial charge in [0.25, 0.3) is 5.91 Å². The summed E-state index contributed by atoms with van der Waals surface area (Å²) in [5.41, 5.74) is 3.32. The Bertz CT molecular complexity index is 1020. The minimum atomic E-state index is -0.178. The molecule has 0 aliphatic rings. The summed E-state index contributed by atoms with van der Waals surface area (Å²) < 4.78 is 1.65. The smallest absolute Gasteiger partial charge is 0.251 e. The van der Waals surface area contributed by atoms with Crippen molar-refractivity contribution < 1.29 is 4.79 Å². The molecule has 0 aliphatic heterocycles. The van der Waals surface area contributed by atoms with E-state index in [-0.39, 0.29) is 11.9 Å². The summed E-state index contributed by atoms with van der Waals surface area (Å²) >= 11 is 1.75. The van der Waals surface area contributed by atoms with E-state index in [1.54, 1.807) is 34.9 Å². The molecule has 0 spiro atoms. The van der Waals surface area contributed by atoms with Gasteiger partial charge in [-0.15, -0.1) is 0 Å². The van der Waals surface area contributed by atoms with Crippen molar-refractivity contribution in [3.63, 3.8) is 0 Å². The highest BCUT2D eigenvalue weighted by Gasteiger charge is 2.19. The molecule has 2 aromatic carbocycles. The lowest BCUT2D eigenvalue weighted by Gasteiger charge is -2.16. The average Bonchev–Trinajstić information content (AvgIpc) is 3.41. The Labute approximate surface area is 166 Å². The van der Waals surface area contributed by atoms with Crippen LogP contribution >= 0.6 is 11.8 Å². The van der Waals surface area contributed by atoms with Crippen molar-refractivity contribution in [2.24, 2.45) is 0 Å². The van der Waals surface area contributed by atoms with Crippen molar-refractivity contribution in [2.45, 2.75) is 12.5 Å². The standard InChI is InChI=1S/C20H20N6OS/c1-28-11-10-18(19-23-16-4-2-3-5-17(16)24-19)25-20(27)14-6-8-15(9-7-14)26-13-21-12-22-26/h2-9,12-13,18H,10-11H2,1H3,(H,23,24)(H,25,27)/t18-/m0/s1. The van der Waals surface area contributed by atoms with E-state index in [4.69, 9.17) is 0 Å². The fourth-order valence-electron chi connectivity index (χ4n) is 3.00. The van der Waals surface area contributed by atoms with Crippen molar-refractivity contribution in [1.29, 1.82) is 0 Å². The highest BCUT2D eigenvalue weighted by Crippen LogP contribution is 2.21.